The molecule has 2 heteroatoms. The van der Waals surface area contributed by atoms with Crippen LogP contribution < -0.4 is 10.6 Å². The van der Waals surface area contributed by atoms with Crippen molar-refractivity contribution in [3.63, 3.8) is 0 Å². The van der Waals surface area contributed by atoms with E-state index in [1.54, 1.807) is 0 Å². The molecule has 2 nitrogen and oxygen atoms in total. The van der Waals surface area contributed by atoms with E-state index < -0.39 is 0 Å². The quantitative estimate of drug-likeness (QED) is 0.716. The van der Waals surface area contributed by atoms with Crippen molar-refractivity contribution in [2.24, 2.45) is 11.8 Å². The summed E-state index contributed by atoms with van der Waals surface area (Å²) in [5.74, 6) is 1.98. The van der Waals surface area contributed by atoms with Gasteiger partial charge in [0.1, 0.15) is 0 Å². The maximum absolute atomic E-state index is 3.62. The van der Waals surface area contributed by atoms with Crippen molar-refractivity contribution in [3.8, 4) is 0 Å². The molecule has 2 rings (SSSR count). The molecule has 1 aliphatic heterocycles. The Bertz CT molecular complexity index is 162. The molecule has 1 saturated carbocycles. The SMILES string of the molecule is CC1CC1CNCC1CCCCCN1. The Morgan fingerprint density at radius 2 is 2.07 bits per heavy atom. The molecule has 3 unspecified atom stereocenters. The van der Waals surface area contributed by atoms with Gasteiger partial charge in [-0.1, -0.05) is 19.8 Å². The highest BCUT2D eigenvalue weighted by molar-refractivity contribution is 4.84. The Balaban J connectivity index is 1.54. The highest BCUT2D eigenvalue weighted by Crippen LogP contribution is 2.36. The smallest absolute Gasteiger partial charge is 0.0192 e. The zero-order valence-corrected chi connectivity index (χ0v) is 9.39. The van der Waals surface area contributed by atoms with E-state index in [-0.39, 0.29) is 0 Å². The predicted octanol–water partition coefficient (Wildman–Crippen LogP) is 1.76. The number of nitrogens with one attached hydrogen (secondary N) is 2. The summed E-state index contributed by atoms with van der Waals surface area (Å²) in [6, 6.07) is 0.742. The first-order valence-corrected chi connectivity index (χ1v) is 6.30. The van der Waals surface area contributed by atoms with Gasteiger partial charge in [0.05, 0.1) is 0 Å². The molecule has 82 valence electrons. The summed E-state index contributed by atoms with van der Waals surface area (Å²) in [6.45, 7) is 6.02. The van der Waals surface area contributed by atoms with Crippen molar-refractivity contribution >= 4 is 0 Å². The maximum atomic E-state index is 3.62. The lowest BCUT2D eigenvalue weighted by Crippen LogP contribution is -2.38. The van der Waals surface area contributed by atoms with E-state index in [4.69, 9.17) is 0 Å². The normalized spacial score (nSPS) is 37.9. The van der Waals surface area contributed by atoms with Crippen LogP contribution in [0.4, 0.5) is 0 Å². The molecule has 0 bridgehead atoms. The molecule has 1 aliphatic carbocycles. The molecular formula is C12H24N2. The van der Waals surface area contributed by atoms with Gasteiger partial charge in [-0.2, -0.15) is 0 Å². The molecule has 1 saturated heterocycles. The van der Waals surface area contributed by atoms with Crippen LogP contribution in [0.15, 0.2) is 0 Å². The van der Waals surface area contributed by atoms with Crippen LogP contribution in [-0.2, 0) is 0 Å². The first-order chi connectivity index (χ1) is 6.86. The van der Waals surface area contributed by atoms with E-state index in [9.17, 15) is 0 Å². The van der Waals surface area contributed by atoms with Crippen molar-refractivity contribution in [3.05, 3.63) is 0 Å². The summed E-state index contributed by atoms with van der Waals surface area (Å²) in [7, 11) is 0. The van der Waals surface area contributed by atoms with Gasteiger partial charge in [0, 0.05) is 12.6 Å². The van der Waals surface area contributed by atoms with Gasteiger partial charge in [-0.25, -0.2) is 0 Å². The summed E-state index contributed by atoms with van der Waals surface area (Å²) in [6.07, 6.45) is 7.02. The molecule has 0 amide bonds. The first-order valence-electron chi connectivity index (χ1n) is 6.30. The fourth-order valence-corrected chi connectivity index (χ4v) is 2.40. The molecule has 0 radical (unpaired) electrons. The molecule has 14 heavy (non-hydrogen) atoms. The molecular weight excluding hydrogens is 172 g/mol. The third-order valence-electron chi connectivity index (χ3n) is 3.74. The van der Waals surface area contributed by atoms with E-state index in [2.05, 4.69) is 17.6 Å². The van der Waals surface area contributed by atoms with Crippen LogP contribution in [-0.4, -0.2) is 25.7 Å². The lowest BCUT2D eigenvalue weighted by Gasteiger charge is -2.16. The summed E-state index contributed by atoms with van der Waals surface area (Å²) in [5, 5.41) is 7.24. The van der Waals surface area contributed by atoms with E-state index in [1.807, 2.05) is 0 Å². The molecule has 1 heterocycles. The van der Waals surface area contributed by atoms with Crippen molar-refractivity contribution < 1.29 is 0 Å². The zero-order chi connectivity index (χ0) is 9.80. The fraction of sp³-hybridized carbons (Fsp3) is 1.00. The summed E-state index contributed by atoms with van der Waals surface area (Å²) >= 11 is 0. The largest absolute Gasteiger partial charge is 0.315 e. The van der Waals surface area contributed by atoms with Crippen molar-refractivity contribution in [1.29, 1.82) is 0 Å². The van der Waals surface area contributed by atoms with Crippen LogP contribution in [0.3, 0.4) is 0 Å². The Kier molecular flexibility index (Phi) is 3.82. The van der Waals surface area contributed by atoms with Crippen LogP contribution in [0, 0.1) is 11.8 Å². The van der Waals surface area contributed by atoms with Gasteiger partial charge in [0.2, 0.25) is 0 Å². The minimum Gasteiger partial charge on any atom is -0.315 e. The molecule has 2 fully saturated rings. The highest BCUT2D eigenvalue weighted by Gasteiger charge is 2.31. The third-order valence-corrected chi connectivity index (χ3v) is 3.74. The lowest BCUT2D eigenvalue weighted by molar-refractivity contribution is 0.461. The number of rotatable bonds is 4. The Morgan fingerprint density at radius 3 is 2.86 bits per heavy atom. The van der Waals surface area contributed by atoms with Crippen LogP contribution in [0.2, 0.25) is 0 Å². The van der Waals surface area contributed by atoms with Crippen LogP contribution >= 0.6 is 0 Å². The average molecular weight is 196 g/mol. The van der Waals surface area contributed by atoms with Crippen LogP contribution in [0.5, 0.6) is 0 Å². The highest BCUT2D eigenvalue weighted by atomic mass is 15.0. The second-order valence-electron chi connectivity index (χ2n) is 5.13. The Labute approximate surface area is 87.8 Å². The molecule has 0 aromatic carbocycles. The van der Waals surface area contributed by atoms with E-state index in [0.29, 0.717) is 0 Å². The summed E-state index contributed by atoms with van der Waals surface area (Å²) in [5.41, 5.74) is 0. The minimum absolute atomic E-state index is 0.742. The van der Waals surface area contributed by atoms with Crippen LogP contribution in [0.25, 0.3) is 0 Å². The molecule has 0 spiro atoms. The standard InChI is InChI=1S/C12H24N2/c1-10-7-11(10)8-13-9-12-5-3-2-4-6-14-12/h10-14H,2-9H2,1H3. The average Bonchev–Trinajstić information content (AvgIpc) is 2.91. The van der Waals surface area contributed by atoms with E-state index in [0.717, 1.165) is 17.9 Å². The topological polar surface area (TPSA) is 24.1 Å². The molecule has 3 atom stereocenters. The third kappa shape index (κ3) is 3.25. The van der Waals surface area contributed by atoms with Gasteiger partial charge in [-0.15, -0.1) is 0 Å². The predicted molar refractivity (Wildman–Crippen MR) is 60.4 cm³/mol. The van der Waals surface area contributed by atoms with Crippen molar-refractivity contribution in [2.45, 2.75) is 45.1 Å². The first kappa shape index (κ1) is 10.4. The summed E-state index contributed by atoms with van der Waals surface area (Å²) in [4.78, 5) is 0. The van der Waals surface area contributed by atoms with Gasteiger partial charge in [0.15, 0.2) is 0 Å². The van der Waals surface area contributed by atoms with Gasteiger partial charge in [0.25, 0.3) is 0 Å². The number of hydrogen-bond acceptors (Lipinski definition) is 2. The molecule has 2 N–H and O–H groups in total. The van der Waals surface area contributed by atoms with E-state index >= 15 is 0 Å². The van der Waals surface area contributed by atoms with Crippen molar-refractivity contribution in [2.75, 3.05) is 19.6 Å². The van der Waals surface area contributed by atoms with Crippen LogP contribution in [0.1, 0.15) is 39.0 Å². The second kappa shape index (κ2) is 5.13. The van der Waals surface area contributed by atoms with E-state index in [1.165, 1.54) is 51.7 Å². The zero-order valence-electron chi connectivity index (χ0n) is 9.39. The number of hydrogen-bond donors (Lipinski definition) is 2. The second-order valence-corrected chi connectivity index (χ2v) is 5.13. The van der Waals surface area contributed by atoms with Gasteiger partial charge < -0.3 is 10.6 Å². The summed E-state index contributed by atoms with van der Waals surface area (Å²) < 4.78 is 0. The van der Waals surface area contributed by atoms with Gasteiger partial charge >= 0.3 is 0 Å². The fourth-order valence-electron chi connectivity index (χ4n) is 2.40. The molecule has 0 aromatic heterocycles. The van der Waals surface area contributed by atoms with Gasteiger partial charge in [-0.05, 0) is 44.2 Å². The minimum atomic E-state index is 0.742. The monoisotopic (exact) mass is 196 g/mol. The van der Waals surface area contributed by atoms with Gasteiger partial charge in [-0.3, -0.25) is 0 Å². The van der Waals surface area contributed by atoms with Crippen molar-refractivity contribution in [1.82, 2.24) is 10.6 Å². The molecule has 0 aromatic rings. The maximum Gasteiger partial charge on any atom is 0.0192 e. The lowest BCUT2D eigenvalue weighted by atomic mass is 10.1. The molecule has 2 aliphatic rings. The Hall–Kier alpha value is -0.0800. The Morgan fingerprint density at radius 1 is 1.21 bits per heavy atom.